The Labute approximate surface area is 279 Å². The van der Waals surface area contributed by atoms with E-state index in [-0.39, 0.29) is 35.7 Å². The first kappa shape index (κ1) is 31.9. The first-order chi connectivity index (χ1) is 22.8. The predicted molar refractivity (Wildman–Crippen MR) is 177 cm³/mol. The first-order valence-corrected chi connectivity index (χ1v) is 16.7. The van der Waals surface area contributed by atoms with E-state index in [1.165, 1.54) is 46.6 Å². The number of hydrogen-bond acceptors (Lipinski definition) is 9. The number of hydrogen-bond donors (Lipinski definition) is 4. The number of phenols is 2. The van der Waals surface area contributed by atoms with Gasteiger partial charge in [-0.1, -0.05) is 66.7 Å². The number of carboxylic acid groups (broad SMARTS) is 1. The summed E-state index contributed by atoms with van der Waals surface area (Å²) in [7, 11) is 0. The maximum Gasteiger partial charge on any atom is 0.352 e. The molecule has 0 saturated carbocycles. The molecule has 4 aromatic carbocycles. The number of ether oxygens (including phenoxy) is 2. The molecular weight excluding hydrogens is 641 g/mol. The summed E-state index contributed by atoms with van der Waals surface area (Å²) < 4.78 is 12.1. The van der Waals surface area contributed by atoms with Crippen LogP contribution in [0.3, 0.4) is 0 Å². The van der Waals surface area contributed by atoms with Gasteiger partial charge in [-0.3, -0.25) is 14.5 Å². The number of carbonyl (C=O) groups is 3. The van der Waals surface area contributed by atoms with E-state index in [0.717, 1.165) is 11.1 Å². The van der Waals surface area contributed by atoms with Crippen LogP contribution in [0.2, 0.25) is 0 Å². The van der Waals surface area contributed by atoms with Crippen LogP contribution in [-0.2, 0) is 14.4 Å². The van der Waals surface area contributed by atoms with Crippen molar-refractivity contribution in [3.8, 4) is 23.0 Å². The Bertz CT molecular complexity index is 1780. The number of rotatable bonds is 12. The minimum Gasteiger partial charge on any atom is -0.508 e. The van der Waals surface area contributed by atoms with Gasteiger partial charge in [0, 0.05) is 28.5 Å². The highest BCUT2D eigenvalue weighted by atomic mass is 32.2. The number of aromatic hydroxyl groups is 2. The zero-order valence-electron chi connectivity index (χ0n) is 24.8. The van der Waals surface area contributed by atoms with Crippen LogP contribution in [0, 0.1) is 0 Å². The van der Waals surface area contributed by atoms with E-state index in [0.29, 0.717) is 27.7 Å². The molecule has 0 aliphatic carbocycles. The number of aliphatic carboxylic acids is 1. The molecule has 240 valence electrons. The molecule has 0 radical (unpaired) electrons. The fourth-order valence-corrected chi connectivity index (χ4v) is 7.72. The lowest BCUT2D eigenvalue weighted by Gasteiger charge is -2.49. The SMILES string of the molecule is O=C(COc1cccc(OC(c2ccccc2)c2ccccc2)c1)NC1C(=O)N2C(C(=O)O)=C(CSc3ccc(O)cc3O)CS[C@H]12. The van der Waals surface area contributed by atoms with Crippen LogP contribution in [0.4, 0.5) is 0 Å². The number of thioether (sulfide) groups is 2. The molecule has 1 fully saturated rings. The van der Waals surface area contributed by atoms with E-state index in [2.05, 4.69) is 5.32 Å². The average Bonchev–Trinajstić information content (AvgIpc) is 3.08. The maximum atomic E-state index is 13.1. The fraction of sp³-hybridized carbons (Fsp3) is 0.171. The van der Waals surface area contributed by atoms with Crippen molar-refractivity contribution >= 4 is 41.3 Å². The average molecular weight is 671 g/mol. The smallest absolute Gasteiger partial charge is 0.352 e. The van der Waals surface area contributed by atoms with Crippen molar-refractivity contribution in [1.29, 1.82) is 0 Å². The lowest BCUT2D eigenvalue weighted by atomic mass is 10.0. The number of carbonyl (C=O) groups excluding carboxylic acids is 2. The van der Waals surface area contributed by atoms with Crippen LogP contribution < -0.4 is 14.8 Å². The Hall–Kier alpha value is -5.07. The molecule has 4 N–H and O–H groups in total. The van der Waals surface area contributed by atoms with Crippen LogP contribution >= 0.6 is 23.5 Å². The summed E-state index contributed by atoms with van der Waals surface area (Å²) in [6, 6.07) is 29.9. The summed E-state index contributed by atoms with van der Waals surface area (Å²) in [6.45, 7) is -0.356. The van der Waals surface area contributed by atoms with Crippen LogP contribution in [0.5, 0.6) is 23.0 Å². The normalized spacial score (nSPS) is 17.1. The molecule has 6 rings (SSSR count). The Morgan fingerprint density at radius 2 is 1.60 bits per heavy atom. The molecule has 47 heavy (non-hydrogen) atoms. The summed E-state index contributed by atoms with van der Waals surface area (Å²) in [5.41, 5.74) is 2.36. The lowest BCUT2D eigenvalue weighted by molar-refractivity contribution is -0.150. The van der Waals surface area contributed by atoms with Gasteiger partial charge >= 0.3 is 5.97 Å². The molecule has 2 amide bonds. The van der Waals surface area contributed by atoms with Crippen LogP contribution in [0.25, 0.3) is 0 Å². The molecule has 2 atom stereocenters. The Kier molecular flexibility index (Phi) is 9.60. The van der Waals surface area contributed by atoms with Crippen LogP contribution in [-0.4, -0.2) is 67.5 Å². The van der Waals surface area contributed by atoms with Gasteiger partial charge in [0.25, 0.3) is 11.8 Å². The predicted octanol–water partition coefficient (Wildman–Crippen LogP) is 5.18. The van der Waals surface area contributed by atoms with Crippen molar-refractivity contribution in [1.82, 2.24) is 10.2 Å². The van der Waals surface area contributed by atoms with Gasteiger partial charge in [-0.05, 0) is 41.0 Å². The zero-order valence-corrected chi connectivity index (χ0v) is 26.4. The second-order valence-electron chi connectivity index (χ2n) is 10.7. The quantitative estimate of drug-likeness (QED) is 0.118. The van der Waals surface area contributed by atoms with Crippen LogP contribution in [0.1, 0.15) is 17.2 Å². The highest BCUT2D eigenvalue weighted by Crippen LogP contribution is 2.42. The molecule has 2 aliphatic rings. The fourth-order valence-electron chi connectivity index (χ4n) is 5.31. The molecule has 10 nitrogen and oxygen atoms in total. The highest BCUT2D eigenvalue weighted by molar-refractivity contribution is 8.01. The third kappa shape index (κ3) is 7.18. The molecule has 2 aliphatic heterocycles. The second-order valence-corrected chi connectivity index (χ2v) is 12.9. The number of nitrogens with one attached hydrogen (secondary N) is 1. The van der Waals surface area contributed by atoms with Crippen molar-refractivity contribution < 1.29 is 39.2 Å². The Balaban J connectivity index is 1.06. The largest absolute Gasteiger partial charge is 0.508 e. The third-order valence-corrected chi connectivity index (χ3v) is 10.0. The van der Waals surface area contributed by atoms with E-state index in [1.54, 1.807) is 18.2 Å². The van der Waals surface area contributed by atoms with Gasteiger partial charge in [0.1, 0.15) is 46.2 Å². The molecule has 2 heterocycles. The van der Waals surface area contributed by atoms with Gasteiger partial charge in [-0.2, -0.15) is 0 Å². The molecule has 0 bridgehead atoms. The highest BCUT2D eigenvalue weighted by Gasteiger charge is 2.54. The van der Waals surface area contributed by atoms with Gasteiger partial charge in [0.15, 0.2) is 6.61 Å². The molecule has 4 aromatic rings. The van der Waals surface area contributed by atoms with E-state index in [4.69, 9.17) is 9.47 Å². The Morgan fingerprint density at radius 1 is 0.915 bits per heavy atom. The minimum absolute atomic E-state index is 0.0867. The van der Waals surface area contributed by atoms with E-state index >= 15 is 0 Å². The zero-order chi connectivity index (χ0) is 32.9. The Morgan fingerprint density at radius 3 is 2.26 bits per heavy atom. The summed E-state index contributed by atoms with van der Waals surface area (Å²) in [6.07, 6.45) is -0.361. The minimum atomic E-state index is -1.24. The van der Waals surface area contributed by atoms with Gasteiger partial charge < -0.3 is 30.1 Å². The summed E-state index contributed by atoms with van der Waals surface area (Å²) >= 11 is 2.55. The molecule has 0 spiro atoms. The topological polar surface area (TPSA) is 146 Å². The van der Waals surface area contributed by atoms with Gasteiger partial charge in [0.05, 0.1) is 0 Å². The van der Waals surface area contributed by atoms with Crippen molar-refractivity contribution in [2.75, 3.05) is 18.1 Å². The summed E-state index contributed by atoms with van der Waals surface area (Å²) in [5, 5.41) is 31.7. The van der Waals surface area contributed by atoms with Gasteiger partial charge in [0.2, 0.25) is 0 Å². The van der Waals surface area contributed by atoms with Gasteiger partial charge in [-0.25, -0.2) is 4.79 Å². The summed E-state index contributed by atoms with van der Waals surface area (Å²) in [5.74, 6) is -1.00. The van der Waals surface area contributed by atoms with E-state index in [1.807, 2.05) is 66.7 Å². The van der Waals surface area contributed by atoms with Crippen molar-refractivity contribution in [3.63, 3.8) is 0 Å². The van der Waals surface area contributed by atoms with Crippen molar-refractivity contribution in [2.45, 2.75) is 22.4 Å². The summed E-state index contributed by atoms with van der Waals surface area (Å²) in [4.78, 5) is 39.8. The van der Waals surface area contributed by atoms with E-state index in [9.17, 15) is 29.7 Å². The number of carboxylic acids is 1. The molecule has 1 saturated heterocycles. The maximum absolute atomic E-state index is 13.1. The number of fused-ring (bicyclic) bond motifs is 1. The first-order valence-electron chi connectivity index (χ1n) is 14.6. The van der Waals surface area contributed by atoms with Gasteiger partial charge in [-0.15, -0.1) is 23.5 Å². The van der Waals surface area contributed by atoms with Crippen molar-refractivity contribution in [3.05, 3.63) is 126 Å². The molecule has 12 heteroatoms. The standard InChI is InChI=1S/C35H30N2O8S2/c38-24-14-15-28(27(39)16-24)46-19-23-20-47-34-30(33(41)37(34)31(23)35(42)43)36-29(40)18-44-25-12-7-13-26(17-25)45-32(21-8-3-1-4-9-21)22-10-5-2-6-11-22/h1-17,30,32,34,38-39H,18-20H2,(H,36,40)(H,42,43)/t30?,34-/m1/s1. The molecule has 0 aromatic heterocycles. The third-order valence-electron chi connectivity index (χ3n) is 7.54. The number of phenolic OH excluding ortho intramolecular Hbond substituents is 2. The molecular formula is C35H30N2O8S2. The molecule has 1 unspecified atom stereocenters. The number of amides is 2. The number of β-lactam (4-membered cyclic amide) rings is 1. The van der Waals surface area contributed by atoms with Crippen LogP contribution in [0.15, 0.2) is 119 Å². The van der Waals surface area contributed by atoms with Crippen molar-refractivity contribution in [2.24, 2.45) is 0 Å². The monoisotopic (exact) mass is 670 g/mol. The van der Waals surface area contributed by atoms with E-state index < -0.39 is 29.2 Å². The number of nitrogens with zero attached hydrogens (tertiary/aromatic N) is 1. The number of benzene rings is 4. The lowest BCUT2D eigenvalue weighted by Crippen LogP contribution is -2.70. The second kappa shape index (κ2) is 14.1.